The third-order valence-corrected chi connectivity index (χ3v) is 5.46. The molecule has 0 atom stereocenters. The summed E-state index contributed by atoms with van der Waals surface area (Å²) in [6.07, 6.45) is 2.62. The smallest absolute Gasteiger partial charge is 0.239 e. The Kier molecular flexibility index (Phi) is 9.37. The van der Waals surface area contributed by atoms with Gasteiger partial charge in [-0.25, -0.2) is 4.99 Å². The molecular weight excluding hydrogens is 402 g/mol. The molecule has 1 fully saturated rings. The summed E-state index contributed by atoms with van der Waals surface area (Å²) in [6.45, 7) is 7.38. The van der Waals surface area contributed by atoms with Crippen LogP contribution in [-0.4, -0.2) is 50.1 Å². The lowest BCUT2D eigenvalue weighted by atomic mass is 10.1. The Morgan fingerprint density at radius 3 is 2.25 bits per heavy atom. The fourth-order valence-corrected chi connectivity index (χ4v) is 3.63. The first kappa shape index (κ1) is 23.6. The molecule has 0 bridgehead atoms. The Hall–Kier alpha value is -3.06. The van der Waals surface area contributed by atoms with Crippen molar-refractivity contribution in [3.05, 3.63) is 65.2 Å². The van der Waals surface area contributed by atoms with Crippen molar-refractivity contribution in [1.29, 1.82) is 0 Å². The van der Waals surface area contributed by atoms with Gasteiger partial charge in [0, 0.05) is 19.6 Å². The van der Waals surface area contributed by atoms with Crippen LogP contribution >= 0.6 is 0 Å². The van der Waals surface area contributed by atoms with Crippen LogP contribution in [0.25, 0.3) is 0 Å². The highest BCUT2D eigenvalue weighted by molar-refractivity contribution is 5.86. The van der Waals surface area contributed by atoms with Crippen LogP contribution in [-0.2, 0) is 24.4 Å². The van der Waals surface area contributed by atoms with Crippen LogP contribution in [0.3, 0.4) is 0 Å². The van der Waals surface area contributed by atoms with Crippen LogP contribution in [0.4, 0.5) is 0 Å². The van der Waals surface area contributed by atoms with E-state index in [0.29, 0.717) is 19.0 Å². The number of likely N-dealkylation sites (tertiary alicyclic amines) is 1. The molecule has 7 nitrogen and oxygen atoms in total. The van der Waals surface area contributed by atoms with Crippen molar-refractivity contribution in [3.8, 4) is 5.75 Å². The van der Waals surface area contributed by atoms with Gasteiger partial charge in [-0.2, -0.15) is 0 Å². The first-order chi connectivity index (χ1) is 15.7. The molecule has 7 heteroatoms. The summed E-state index contributed by atoms with van der Waals surface area (Å²) in [4.78, 5) is 19.3. The average molecular weight is 438 g/mol. The quantitative estimate of drug-likeness (QED) is 0.394. The zero-order chi connectivity index (χ0) is 22.6. The molecule has 0 saturated carbocycles. The molecule has 3 N–H and O–H groups in total. The van der Waals surface area contributed by atoms with Gasteiger partial charge in [-0.05, 0) is 61.7 Å². The topological polar surface area (TPSA) is 78.0 Å². The van der Waals surface area contributed by atoms with E-state index in [1.807, 2.05) is 31.2 Å². The number of ether oxygens (including phenoxy) is 1. The highest BCUT2D eigenvalue weighted by atomic mass is 16.5. The number of rotatable bonds is 10. The number of benzene rings is 2. The maximum Gasteiger partial charge on any atom is 0.239 e. The molecule has 0 radical (unpaired) electrons. The Balaban J connectivity index is 1.43. The number of guanidine groups is 1. The summed E-state index contributed by atoms with van der Waals surface area (Å²) in [5.74, 6) is 1.35. The van der Waals surface area contributed by atoms with Crippen LogP contribution in [0.5, 0.6) is 5.75 Å². The first-order valence-electron chi connectivity index (χ1n) is 11.4. The molecule has 1 amide bonds. The van der Waals surface area contributed by atoms with E-state index in [1.54, 1.807) is 7.11 Å². The summed E-state index contributed by atoms with van der Waals surface area (Å²) >= 11 is 0. The van der Waals surface area contributed by atoms with Crippen LogP contribution < -0.4 is 20.7 Å². The van der Waals surface area contributed by atoms with E-state index in [2.05, 4.69) is 50.1 Å². The number of nitrogens with one attached hydrogen (secondary N) is 3. The van der Waals surface area contributed by atoms with Gasteiger partial charge in [0.1, 0.15) is 5.75 Å². The predicted molar refractivity (Wildman–Crippen MR) is 129 cm³/mol. The van der Waals surface area contributed by atoms with Gasteiger partial charge < -0.3 is 20.7 Å². The first-order valence-corrected chi connectivity index (χ1v) is 11.4. The van der Waals surface area contributed by atoms with Crippen LogP contribution in [0.15, 0.2) is 53.5 Å². The van der Waals surface area contributed by atoms with Gasteiger partial charge in [-0.3, -0.25) is 9.69 Å². The number of hydrogen-bond acceptors (Lipinski definition) is 4. The molecule has 32 heavy (non-hydrogen) atoms. The van der Waals surface area contributed by atoms with Gasteiger partial charge in [-0.1, -0.05) is 36.4 Å². The highest BCUT2D eigenvalue weighted by Crippen LogP contribution is 2.14. The minimum Gasteiger partial charge on any atom is -0.497 e. The highest BCUT2D eigenvalue weighted by Gasteiger charge is 2.11. The number of amides is 1. The molecule has 0 aliphatic carbocycles. The molecule has 1 saturated heterocycles. The minimum absolute atomic E-state index is 0.0855. The summed E-state index contributed by atoms with van der Waals surface area (Å²) in [5.41, 5.74) is 3.52. The lowest BCUT2D eigenvalue weighted by molar-refractivity contribution is -0.120. The molecule has 0 aromatic heterocycles. The third-order valence-electron chi connectivity index (χ3n) is 5.46. The van der Waals surface area contributed by atoms with Crippen molar-refractivity contribution in [2.75, 3.05) is 33.3 Å². The van der Waals surface area contributed by atoms with Crippen LogP contribution in [0.1, 0.15) is 36.5 Å². The van der Waals surface area contributed by atoms with E-state index in [0.717, 1.165) is 30.0 Å². The fraction of sp³-hybridized carbons (Fsp3) is 0.440. The zero-order valence-corrected chi connectivity index (χ0v) is 19.2. The molecule has 2 aromatic carbocycles. The number of aliphatic imine (C=N–C) groups is 1. The Bertz CT molecular complexity index is 859. The largest absolute Gasteiger partial charge is 0.497 e. The van der Waals surface area contributed by atoms with Crippen molar-refractivity contribution >= 4 is 11.9 Å². The molecule has 172 valence electrons. The molecule has 0 unspecified atom stereocenters. The molecule has 2 aromatic rings. The Labute approximate surface area is 191 Å². The monoisotopic (exact) mass is 437 g/mol. The zero-order valence-electron chi connectivity index (χ0n) is 19.2. The lowest BCUT2D eigenvalue weighted by Crippen LogP contribution is -2.43. The van der Waals surface area contributed by atoms with Gasteiger partial charge in [0.05, 0.1) is 20.2 Å². The second-order valence-electron chi connectivity index (χ2n) is 7.97. The van der Waals surface area contributed by atoms with E-state index in [9.17, 15) is 4.79 Å². The molecule has 1 aliphatic rings. The van der Waals surface area contributed by atoms with Crippen molar-refractivity contribution in [1.82, 2.24) is 20.9 Å². The van der Waals surface area contributed by atoms with Crippen LogP contribution in [0.2, 0.25) is 0 Å². The van der Waals surface area contributed by atoms with Crippen molar-refractivity contribution in [2.45, 2.75) is 39.4 Å². The minimum atomic E-state index is -0.0855. The molecular formula is C25H35N5O2. The second kappa shape index (κ2) is 12.7. The summed E-state index contributed by atoms with van der Waals surface area (Å²) < 4.78 is 5.15. The SMILES string of the molecule is CCNC(=NCc1ccc(CN2CCCC2)cc1)NCC(=O)NCc1ccc(OC)cc1. The average Bonchev–Trinajstić information content (AvgIpc) is 3.34. The van der Waals surface area contributed by atoms with E-state index >= 15 is 0 Å². The number of nitrogens with zero attached hydrogens (tertiary/aromatic N) is 2. The summed E-state index contributed by atoms with van der Waals surface area (Å²) in [7, 11) is 1.64. The van der Waals surface area contributed by atoms with Crippen molar-refractivity contribution in [3.63, 3.8) is 0 Å². The van der Waals surface area contributed by atoms with Crippen molar-refractivity contribution in [2.24, 2.45) is 4.99 Å². The van der Waals surface area contributed by atoms with E-state index in [-0.39, 0.29) is 12.5 Å². The van der Waals surface area contributed by atoms with E-state index in [1.165, 1.54) is 31.5 Å². The number of carbonyl (C=O) groups excluding carboxylic acids is 1. The predicted octanol–water partition coefficient (Wildman–Crippen LogP) is 2.66. The summed E-state index contributed by atoms with van der Waals surface area (Å²) in [6, 6.07) is 16.3. The van der Waals surface area contributed by atoms with E-state index < -0.39 is 0 Å². The standard InChI is InChI=1S/C25H35N5O2/c1-3-26-25(29-18-24(31)27-16-21-10-12-23(32-2)13-11-21)28-17-20-6-8-22(9-7-20)19-30-14-4-5-15-30/h6-13H,3-5,14-19H2,1-2H3,(H,27,31)(H2,26,28,29). The molecule has 1 heterocycles. The maximum atomic E-state index is 12.2. The van der Waals surface area contributed by atoms with Gasteiger partial charge in [0.15, 0.2) is 5.96 Å². The fourth-order valence-electron chi connectivity index (χ4n) is 3.63. The Morgan fingerprint density at radius 2 is 1.59 bits per heavy atom. The van der Waals surface area contributed by atoms with Crippen LogP contribution in [0, 0.1) is 0 Å². The number of hydrogen-bond donors (Lipinski definition) is 3. The second-order valence-corrected chi connectivity index (χ2v) is 7.97. The van der Waals surface area contributed by atoms with Gasteiger partial charge >= 0.3 is 0 Å². The van der Waals surface area contributed by atoms with Gasteiger partial charge in [0.2, 0.25) is 5.91 Å². The lowest BCUT2D eigenvalue weighted by Gasteiger charge is -2.14. The normalized spacial score (nSPS) is 14.2. The van der Waals surface area contributed by atoms with Gasteiger partial charge in [0.25, 0.3) is 0 Å². The Morgan fingerprint density at radius 1 is 0.938 bits per heavy atom. The molecule has 0 spiro atoms. The van der Waals surface area contributed by atoms with Crippen molar-refractivity contribution < 1.29 is 9.53 Å². The third kappa shape index (κ3) is 7.89. The maximum absolute atomic E-state index is 12.2. The van der Waals surface area contributed by atoms with Gasteiger partial charge in [-0.15, -0.1) is 0 Å². The summed E-state index contributed by atoms with van der Waals surface area (Å²) in [5, 5.41) is 9.21. The molecule has 3 rings (SSSR count). The number of carbonyl (C=O) groups is 1. The molecule has 1 aliphatic heterocycles. The number of methoxy groups -OCH3 is 1. The van der Waals surface area contributed by atoms with E-state index in [4.69, 9.17) is 4.74 Å².